The number of hydrogen-bond acceptors (Lipinski definition) is 4. The van der Waals surface area contributed by atoms with Crippen molar-refractivity contribution in [2.75, 3.05) is 13.7 Å². The molecule has 3 atom stereocenters. The van der Waals surface area contributed by atoms with Gasteiger partial charge in [-0.05, 0) is 12.5 Å². The van der Waals surface area contributed by atoms with Gasteiger partial charge in [0.2, 0.25) is 0 Å². The molecule has 1 heterocycles. The highest BCUT2D eigenvalue weighted by Gasteiger charge is 2.58. The van der Waals surface area contributed by atoms with Gasteiger partial charge in [0.15, 0.2) is 5.78 Å². The molecule has 5 heteroatoms. The number of cyclic esters (lactones) is 1. The minimum atomic E-state index is -0.920. The normalized spacial score (nSPS) is 33.0. The minimum Gasteiger partial charge on any atom is -0.447 e. The number of carbonyl (C=O) groups excluding carboxylic acids is 2. The molecule has 0 spiro atoms. The van der Waals surface area contributed by atoms with E-state index in [1.807, 2.05) is 30.3 Å². The fourth-order valence-corrected chi connectivity index (χ4v) is 2.95. The first kappa shape index (κ1) is 13.1. The molecular weight excluding hydrogens is 258 g/mol. The predicted octanol–water partition coefficient (Wildman–Crippen LogP) is 1.93. The molecule has 1 aromatic carbocycles. The summed E-state index contributed by atoms with van der Waals surface area (Å²) in [7, 11) is 1.50. The van der Waals surface area contributed by atoms with E-state index >= 15 is 0 Å². The van der Waals surface area contributed by atoms with Crippen LogP contribution in [0.1, 0.15) is 24.9 Å². The Kier molecular flexibility index (Phi) is 3.01. The lowest BCUT2D eigenvalue weighted by Crippen LogP contribution is -2.66. The summed E-state index contributed by atoms with van der Waals surface area (Å²) in [5.74, 6) is 0.0245. The van der Waals surface area contributed by atoms with E-state index in [0.29, 0.717) is 13.0 Å². The number of methoxy groups -OCH3 is 1. The lowest BCUT2D eigenvalue weighted by molar-refractivity contribution is -0.167. The summed E-state index contributed by atoms with van der Waals surface area (Å²) in [4.78, 5) is 25.5. The highest BCUT2D eigenvalue weighted by atomic mass is 16.6. The van der Waals surface area contributed by atoms with Crippen molar-refractivity contribution in [3.63, 3.8) is 0 Å². The van der Waals surface area contributed by atoms with Gasteiger partial charge < -0.3 is 9.47 Å². The first-order chi connectivity index (χ1) is 9.58. The lowest BCUT2D eigenvalue weighted by atomic mass is 9.73. The molecule has 1 saturated carbocycles. The molecule has 0 N–H and O–H groups in total. The van der Waals surface area contributed by atoms with Crippen LogP contribution in [-0.4, -0.2) is 42.1 Å². The van der Waals surface area contributed by atoms with Crippen LogP contribution in [-0.2, 0) is 14.3 Å². The van der Waals surface area contributed by atoms with Crippen LogP contribution >= 0.6 is 0 Å². The van der Waals surface area contributed by atoms with Gasteiger partial charge in [0.1, 0.15) is 12.2 Å². The van der Waals surface area contributed by atoms with Crippen molar-refractivity contribution in [3.8, 4) is 0 Å². The second-order valence-electron chi connectivity index (χ2n) is 5.36. The summed E-state index contributed by atoms with van der Waals surface area (Å²) < 4.78 is 10.5. The molecule has 5 nitrogen and oxygen atoms in total. The van der Waals surface area contributed by atoms with Crippen LogP contribution < -0.4 is 0 Å². The molecule has 20 heavy (non-hydrogen) atoms. The summed E-state index contributed by atoms with van der Waals surface area (Å²) in [5.41, 5.74) is 0.0901. The quantitative estimate of drug-likeness (QED) is 0.845. The van der Waals surface area contributed by atoms with Crippen molar-refractivity contribution in [1.29, 1.82) is 0 Å². The Labute approximate surface area is 117 Å². The number of benzene rings is 1. The van der Waals surface area contributed by atoms with Gasteiger partial charge in [0, 0.05) is 13.5 Å². The lowest BCUT2D eigenvalue weighted by Gasteiger charge is -2.48. The van der Waals surface area contributed by atoms with Gasteiger partial charge in [-0.2, -0.15) is 0 Å². The topological polar surface area (TPSA) is 55.8 Å². The second-order valence-corrected chi connectivity index (χ2v) is 5.36. The zero-order valence-corrected chi connectivity index (χ0v) is 11.5. The van der Waals surface area contributed by atoms with Crippen molar-refractivity contribution in [2.24, 2.45) is 0 Å². The summed E-state index contributed by atoms with van der Waals surface area (Å²) in [6.07, 6.45) is -0.0531. The number of carbonyl (C=O) groups is 2. The maximum Gasteiger partial charge on any atom is 0.410 e. The number of ether oxygens (including phenoxy) is 2. The van der Waals surface area contributed by atoms with Crippen LogP contribution in [0.5, 0.6) is 0 Å². The van der Waals surface area contributed by atoms with Crippen LogP contribution in [0.4, 0.5) is 4.79 Å². The molecule has 2 fully saturated rings. The number of nitrogens with zero attached hydrogens (tertiary/aromatic N) is 1. The second kappa shape index (κ2) is 4.59. The maximum atomic E-state index is 12.0. The number of rotatable bonds is 3. The van der Waals surface area contributed by atoms with Crippen LogP contribution in [0.25, 0.3) is 0 Å². The molecule has 0 bridgehead atoms. The molecule has 1 amide bonds. The third kappa shape index (κ3) is 1.73. The Hall–Kier alpha value is -1.88. The Bertz CT molecular complexity index is 544. The third-order valence-corrected chi connectivity index (χ3v) is 4.42. The van der Waals surface area contributed by atoms with E-state index in [2.05, 4.69) is 0 Å². The van der Waals surface area contributed by atoms with Crippen LogP contribution in [0.2, 0.25) is 0 Å². The SMILES string of the molecule is CO[C@@]1(C)C(=O)C[C@@H]1N1C(=O)OC[C@@H]1c1ccccc1. The number of Topliss-reactive ketones (excluding diaryl/α,β-unsaturated/α-hetero) is 1. The monoisotopic (exact) mass is 275 g/mol. The Balaban J connectivity index is 1.91. The van der Waals surface area contributed by atoms with Gasteiger partial charge in [-0.15, -0.1) is 0 Å². The molecule has 0 unspecified atom stereocenters. The number of ketones is 1. The van der Waals surface area contributed by atoms with Crippen molar-refractivity contribution in [2.45, 2.75) is 31.0 Å². The molecule has 106 valence electrons. The molecule has 2 aliphatic rings. The summed E-state index contributed by atoms with van der Waals surface area (Å²) in [6.45, 7) is 2.05. The molecule has 3 rings (SSSR count). The summed E-state index contributed by atoms with van der Waals surface area (Å²) in [5, 5.41) is 0. The average Bonchev–Trinajstić information content (AvgIpc) is 2.86. The fraction of sp³-hybridized carbons (Fsp3) is 0.467. The number of hydrogen-bond donors (Lipinski definition) is 0. The largest absolute Gasteiger partial charge is 0.447 e. The van der Waals surface area contributed by atoms with Gasteiger partial charge in [0.05, 0.1) is 12.1 Å². The van der Waals surface area contributed by atoms with Crippen LogP contribution in [0.3, 0.4) is 0 Å². The van der Waals surface area contributed by atoms with E-state index in [4.69, 9.17) is 9.47 Å². The first-order valence-electron chi connectivity index (χ1n) is 6.66. The summed E-state index contributed by atoms with van der Waals surface area (Å²) in [6, 6.07) is 9.29. The molecule has 1 aliphatic carbocycles. The van der Waals surface area contributed by atoms with E-state index in [1.54, 1.807) is 11.8 Å². The van der Waals surface area contributed by atoms with Gasteiger partial charge >= 0.3 is 6.09 Å². The highest BCUT2D eigenvalue weighted by molar-refractivity contribution is 5.96. The van der Waals surface area contributed by atoms with E-state index in [1.165, 1.54) is 7.11 Å². The Morgan fingerprint density at radius 2 is 2.00 bits per heavy atom. The first-order valence-corrected chi connectivity index (χ1v) is 6.66. The standard InChI is InChI=1S/C15H17NO4/c1-15(19-2)12(8-13(15)17)16-11(9-20-14(16)18)10-6-4-3-5-7-10/h3-7,11-12H,8-9H2,1-2H3/t11-,12+,15-/m1/s1. The molecule has 1 saturated heterocycles. The zero-order valence-electron chi connectivity index (χ0n) is 11.5. The van der Waals surface area contributed by atoms with Crippen molar-refractivity contribution < 1.29 is 19.1 Å². The molecule has 0 aromatic heterocycles. The van der Waals surface area contributed by atoms with E-state index in [-0.39, 0.29) is 24.0 Å². The zero-order chi connectivity index (χ0) is 14.3. The number of amides is 1. The Morgan fingerprint density at radius 1 is 1.30 bits per heavy atom. The fourth-order valence-electron chi connectivity index (χ4n) is 2.95. The van der Waals surface area contributed by atoms with Crippen LogP contribution in [0.15, 0.2) is 30.3 Å². The molecule has 1 aliphatic heterocycles. The van der Waals surface area contributed by atoms with E-state index < -0.39 is 5.60 Å². The van der Waals surface area contributed by atoms with Crippen molar-refractivity contribution in [1.82, 2.24) is 4.90 Å². The van der Waals surface area contributed by atoms with Crippen LogP contribution in [0, 0.1) is 0 Å². The third-order valence-electron chi connectivity index (χ3n) is 4.42. The van der Waals surface area contributed by atoms with Crippen molar-refractivity contribution in [3.05, 3.63) is 35.9 Å². The van der Waals surface area contributed by atoms with E-state index in [9.17, 15) is 9.59 Å². The van der Waals surface area contributed by atoms with Crippen molar-refractivity contribution >= 4 is 11.9 Å². The molecule has 1 aromatic rings. The van der Waals surface area contributed by atoms with Gasteiger partial charge in [-0.1, -0.05) is 30.3 Å². The van der Waals surface area contributed by atoms with Gasteiger partial charge in [-0.25, -0.2) is 4.79 Å². The Morgan fingerprint density at radius 3 is 2.60 bits per heavy atom. The van der Waals surface area contributed by atoms with E-state index in [0.717, 1.165) is 5.56 Å². The summed E-state index contributed by atoms with van der Waals surface area (Å²) >= 11 is 0. The van der Waals surface area contributed by atoms with Gasteiger partial charge in [-0.3, -0.25) is 9.69 Å². The smallest absolute Gasteiger partial charge is 0.410 e. The van der Waals surface area contributed by atoms with Gasteiger partial charge in [0.25, 0.3) is 0 Å². The molecular formula is C15H17NO4. The minimum absolute atomic E-state index is 0.0245. The average molecular weight is 275 g/mol. The maximum absolute atomic E-state index is 12.0. The molecule has 0 radical (unpaired) electrons. The predicted molar refractivity (Wildman–Crippen MR) is 71.2 cm³/mol. The highest BCUT2D eigenvalue weighted by Crippen LogP contribution is 2.42.